The molecule has 1 N–H and O–H groups in total. The highest BCUT2D eigenvalue weighted by molar-refractivity contribution is 5.24. The predicted octanol–water partition coefficient (Wildman–Crippen LogP) is 2.81. The van der Waals surface area contributed by atoms with Gasteiger partial charge < -0.3 is 5.11 Å². The molecule has 1 fully saturated rings. The van der Waals surface area contributed by atoms with Crippen LogP contribution in [0, 0.1) is 19.3 Å². The zero-order valence-electron chi connectivity index (χ0n) is 14.0. The van der Waals surface area contributed by atoms with Crippen LogP contribution in [0.15, 0.2) is 12.2 Å². The third kappa shape index (κ3) is 3.13. The number of piperidine rings is 1. The average Bonchev–Trinajstić information content (AvgIpc) is 2.76. The Bertz CT molecular complexity index is 549. The molecule has 0 amide bonds. The van der Waals surface area contributed by atoms with Gasteiger partial charge in [-0.1, -0.05) is 12.2 Å². The highest BCUT2D eigenvalue weighted by Crippen LogP contribution is 2.41. The molecule has 122 valence electrons. The number of aryl methyl sites for hydroxylation is 1. The fourth-order valence-electron chi connectivity index (χ4n) is 4.26. The Morgan fingerprint density at radius 2 is 2.14 bits per heavy atom. The van der Waals surface area contributed by atoms with Crippen LogP contribution in [-0.4, -0.2) is 39.5 Å². The molecule has 2 aliphatic rings. The predicted molar refractivity (Wildman–Crippen MR) is 88.7 cm³/mol. The fourth-order valence-corrected chi connectivity index (χ4v) is 4.26. The molecule has 1 aromatic heterocycles. The number of hydrogen-bond donors (Lipinski definition) is 1. The summed E-state index contributed by atoms with van der Waals surface area (Å²) in [7, 11) is 0. The summed E-state index contributed by atoms with van der Waals surface area (Å²) in [6.45, 7) is 8.42. The first kappa shape index (κ1) is 15.8. The van der Waals surface area contributed by atoms with Crippen molar-refractivity contribution in [1.82, 2.24) is 14.7 Å². The Labute approximate surface area is 133 Å². The van der Waals surface area contributed by atoms with E-state index in [-0.39, 0.29) is 6.61 Å². The summed E-state index contributed by atoms with van der Waals surface area (Å²) in [6, 6.07) is 0. The standard InChI is InChI=1S/C18H29N3O/c1-15-17(16(2)21(19-15)11-12-22)13-20-10-6-9-18(14-20)7-4-3-5-8-18/h3-4,22H,5-14H2,1-2H3. The van der Waals surface area contributed by atoms with Crippen molar-refractivity contribution < 1.29 is 5.11 Å². The molecule has 4 heteroatoms. The monoisotopic (exact) mass is 303 g/mol. The van der Waals surface area contributed by atoms with Gasteiger partial charge in [0.1, 0.15) is 0 Å². The van der Waals surface area contributed by atoms with Crippen molar-refractivity contribution in [3.63, 3.8) is 0 Å². The van der Waals surface area contributed by atoms with Gasteiger partial charge in [0.15, 0.2) is 0 Å². The van der Waals surface area contributed by atoms with E-state index in [1.807, 2.05) is 4.68 Å². The first-order valence-electron chi connectivity index (χ1n) is 8.65. The van der Waals surface area contributed by atoms with Gasteiger partial charge in [0.05, 0.1) is 18.8 Å². The fraction of sp³-hybridized carbons (Fsp3) is 0.722. The lowest BCUT2D eigenvalue weighted by Crippen LogP contribution is -2.43. The first-order chi connectivity index (χ1) is 10.6. The normalized spacial score (nSPS) is 26.0. The van der Waals surface area contributed by atoms with Crippen LogP contribution in [0.4, 0.5) is 0 Å². The highest BCUT2D eigenvalue weighted by atomic mass is 16.3. The molecule has 4 nitrogen and oxygen atoms in total. The van der Waals surface area contributed by atoms with Gasteiger partial charge in [0.25, 0.3) is 0 Å². The van der Waals surface area contributed by atoms with Crippen LogP contribution in [-0.2, 0) is 13.1 Å². The van der Waals surface area contributed by atoms with Crippen LogP contribution >= 0.6 is 0 Å². The second-order valence-electron chi connectivity index (χ2n) is 7.12. The van der Waals surface area contributed by atoms with Gasteiger partial charge in [-0.25, -0.2) is 0 Å². The molecular weight excluding hydrogens is 274 g/mol. The second-order valence-corrected chi connectivity index (χ2v) is 7.12. The summed E-state index contributed by atoms with van der Waals surface area (Å²) >= 11 is 0. The summed E-state index contributed by atoms with van der Waals surface area (Å²) in [4.78, 5) is 2.63. The number of hydrogen-bond acceptors (Lipinski definition) is 3. The Hall–Kier alpha value is -1.13. The third-order valence-corrected chi connectivity index (χ3v) is 5.52. The number of aliphatic hydroxyl groups excluding tert-OH is 1. The van der Waals surface area contributed by atoms with Crippen molar-refractivity contribution in [1.29, 1.82) is 0 Å². The minimum Gasteiger partial charge on any atom is -0.394 e. The number of likely N-dealkylation sites (tertiary alicyclic amines) is 1. The second kappa shape index (κ2) is 6.55. The lowest BCUT2D eigenvalue weighted by atomic mass is 9.71. The average molecular weight is 303 g/mol. The van der Waals surface area contributed by atoms with E-state index in [1.165, 1.54) is 56.5 Å². The van der Waals surface area contributed by atoms with Crippen LogP contribution < -0.4 is 0 Å². The Morgan fingerprint density at radius 3 is 2.86 bits per heavy atom. The summed E-state index contributed by atoms with van der Waals surface area (Å²) in [5.41, 5.74) is 4.22. The molecule has 1 aliphatic carbocycles. The topological polar surface area (TPSA) is 41.3 Å². The van der Waals surface area contributed by atoms with Gasteiger partial charge in [-0.2, -0.15) is 5.10 Å². The van der Waals surface area contributed by atoms with E-state index in [1.54, 1.807) is 0 Å². The van der Waals surface area contributed by atoms with E-state index >= 15 is 0 Å². The first-order valence-corrected chi connectivity index (χ1v) is 8.65. The van der Waals surface area contributed by atoms with Crippen LogP contribution in [0.25, 0.3) is 0 Å². The molecule has 1 aromatic rings. The van der Waals surface area contributed by atoms with Gasteiger partial charge in [0.2, 0.25) is 0 Å². The van der Waals surface area contributed by atoms with Crippen molar-refractivity contribution in [3.05, 3.63) is 29.1 Å². The quantitative estimate of drug-likeness (QED) is 0.870. The van der Waals surface area contributed by atoms with Crippen LogP contribution in [0.1, 0.15) is 49.1 Å². The van der Waals surface area contributed by atoms with Crippen LogP contribution in [0.2, 0.25) is 0 Å². The maximum Gasteiger partial charge on any atom is 0.0644 e. The number of nitrogens with zero attached hydrogens (tertiary/aromatic N) is 3. The zero-order chi connectivity index (χ0) is 15.6. The summed E-state index contributed by atoms with van der Waals surface area (Å²) in [5, 5.41) is 13.7. The summed E-state index contributed by atoms with van der Waals surface area (Å²) in [5.74, 6) is 0. The minimum atomic E-state index is 0.153. The zero-order valence-corrected chi connectivity index (χ0v) is 14.0. The van der Waals surface area contributed by atoms with E-state index in [0.29, 0.717) is 12.0 Å². The molecule has 0 saturated carbocycles. The van der Waals surface area contributed by atoms with E-state index in [4.69, 9.17) is 5.11 Å². The van der Waals surface area contributed by atoms with Crippen molar-refractivity contribution in [2.24, 2.45) is 5.41 Å². The van der Waals surface area contributed by atoms with Crippen molar-refractivity contribution >= 4 is 0 Å². The Balaban J connectivity index is 1.71. The van der Waals surface area contributed by atoms with Crippen LogP contribution in [0.3, 0.4) is 0 Å². The number of aromatic nitrogens is 2. The smallest absolute Gasteiger partial charge is 0.0644 e. The Kier molecular flexibility index (Phi) is 4.69. The molecule has 1 aliphatic heterocycles. The molecule has 22 heavy (non-hydrogen) atoms. The lowest BCUT2D eigenvalue weighted by molar-refractivity contribution is 0.0738. The minimum absolute atomic E-state index is 0.153. The molecule has 0 aromatic carbocycles. The van der Waals surface area contributed by atoms with Gasteiger partial charge in [-0.3, -0.25) is 9.58 Å². The van der Waals surface area contributed by atoms with Crippen molar-refractivity contribution in [3.8, 4) is 0 Å². The maximum absolute atomic E-state index is 9.15. The number of allylic oxidation sites excluding steroid dienone is 2. The molecule has 0 radical (unpaired) electrons. The van der Waals surface area contributed by atoms with Gasteiger partial charge in [0, 0.05) is 24.3 Å². The van der Waals surface area contributed by atoms with Gasteiger partial charge in [-0.15, -0.1) is 0 Å². The van der Waals surface area contributed by atoms with Gasteiger partial charge in [-0.05, 0) is 57.9 Å². The molecule has 0 bridgehead atoms. The largest absolute Gasteiger partial charge is 0.394 e. The van der Waals surface area contributed by atoms with Crippen molar-refractivity contribution in [2.75, 3.05) is 19.7 Å². The van der Waals surface area contributed by atoms with Gasteiger partial charge >= 0.3 is 0 Å². The number of rotatable bonds is 4. The molecule has 3 rings (SSSR count). The van der Waals surface area contributed by atoms with E-state index in [9.17, 15) is 0 Å². The van der Waals surface area contributed by atoms with E-state index in [2.05, 4.69) is 36.0 Å². The van der Waals surface area contributed by atoms with Crippen molar-refractivity contribution in [2.45, 2.75) is 59.0 Å². The molecule has 1 spiro atoms. The number of aliphatic hydroxyl groups is 1. The SMILES string of the molecule is Cc1nn(CCO)c(C)c1CN1CCCC2(CC=CCC2)C1. The Morgan fingerprint density at radius 1 is 1.27 bits per heavy atom. The molecule has 1 atom stereocenters. The molecule has 1 saturated heterocycles. The van der Waals surface area contributed by atoms with E-state index in [0.717, 1.165) is 12.2 Å². The van der Waals surface area contributed by atoms with E-state index < -0.39 is 0 Å². The lowest BCUT2D eigenvalue weighted by Gasteiger charge is -2.44. The third-order valence-electron chi connectivity index (χ3n) is 5.52. The maximum atomic E-state index is 9.15. The highest BCUT2D eigenvalue weighted by Gasteiger charge is 2.35. The molecular formula is C18H29N3O. The summed E-state index contributed by atoms with van der Waals surface area (Å²) in [6.07, 6.45) is 11.3. The molecule has 1 unspecified atom stereocenters. The van der Waals surface area contributed by atoms with Crippen LogP contribution in [0.5, 0.6) is 0 Å². The molecule has 2 heterocycles. The summed E-state index contributed by atoms with van der Waals surface area (Å²) < 4.78 is 1.95.